The summed E-state index contributed by atoms with van der Waals surface area (Å²) in [6.45, 7) is 2.91. The maximum Gasteiger partial charge on any atom is 0.108 e. The van der Waals surface area contributed by atoms with Gasteiger partial charge in [0.2, 0.25) is 0 Å². The van der Waals surface area contributed by atoms with Gasteiger partial charge in [-0.25, -0.2) is 4.98 Å². The summed E-state index contributed by atoms with van der Waals surface area (Å²) < 4.78 is 2.13. The van der Waals surface area contributed by atoms with Crippen molar-refractivity contribution < 1.29 is 0 Å². The fourth-order valence-electron chi connectivity index (χ4n) is 1.68. The molecule has 3 heteroatoms. The number of hydrogen-bond donors (Lipinski definition) is 0. The van der Waals surface area contributed by atoms with E-state index < -0.39 is 0 Å². The molecule has 0 atom stereocenters. The van der Waals surface area contributed by atoms with Crippen LogP contribution in [0.5, 0.6) is 0 Å². The highest BCUT2D eigenvalue weighted by Gasteiger charge is 2.01. The maximum atomic E-state index is 8.70. The largest absolute Gasteiger partial charge is 0.331 e. The Bertz CT molecular complexity index is 503. The van der Waals surface area contributed by atoms with Crippen LogP contribution in [-0.2, 0) is 13.0 Å². The van der Waals surface area contributed by atoms with Crippen LogP contribution in [0.3, 0.4) is 0 Å². The summed E-state index contributed by atoms with van der Waals surface area (Å²) in [4.78, 5) is 4.28. The molecule has 1 heterocycles. The van der Waals surface area contributed by atoms with Crippen molar-refractivity contribution in [2.75, 3.05) is 0 Å². The minimum Gasteiger partial charge on any atom is -0.331 e. The lowest BCUT2D eigenvalue weighted by molar-refractivity contribution is 0.732. The molecule has 1 aromatic heterocycles. The Balaban J connectivity index is 2.18. The predicted octanol–water partition coefficient (Wildman–Crippen LogP) is 2.37. The van der Waals surface area contributed by atoms with Crippen LogP contribution >= 0.6 is 0 Å². The van der Waals surface area contributed by atoms with Crippen LogP contribution in [0.1, 0.15) is 23.9 Å². The van der Waals surface area contributed by atoms with Crippen LogP contribution in [0.25, 0.3) is 0 Å². The number of rotatable bonds is 3. The van der Waals surface area contributed by atoms with Gasteiger partial charge in [0.15, 0.2) is 0 Å². The lowest BCUT2D eigenvalue weighted by Gasteiger charge is -2.06. The first-order valence-corrected chi connectivity index (χ1v) is 5.32. The topological polar surface area (TPSA) is 41.6 Å². The summed E-state index contributed by atoms with van der Waals surface area (Å²) >= 11 is 0. The molecule has 3 nitrogen and oxygen atoms in total. The summed E-state index contributed by atoms with van der Waals surface area (Å²) in [7, 11) is 0. The van der Waals surface area contributed by atoms with E-state index in [1.807, 2.05) is 36.7 Å². The van der Waals surface area contributed by atoms with Gasteiger partial charge in [-0.15, -0.1) is 0 Å². The standard InChI is InChI=1S/C13H13N3/c1-2-13-15-7-8-16(13)10-12-5-3-11(9-14)4-6-12/h3-8H,2,10H2,1H3. The molecule has 1 aromatic carbocycles. The first-order valence-electron chi connectivity index (χ1n) is 5.32. The van der Waals surface area contributed by atoms with Crippen LogP contribution in [-0.4, -0.2) is 9.55 Å². The highest BCUT2D eigenvalue weighted by Crippen LogP contribution is 2.07. The van der Waals surface area contributed by atoms with Gasteiger partial charge in [0.05, 0.1) is 11.6 Å². The van der Waals surface area contributed by atoms with E-state index in [2.05, 4.69) is 22.5 Å². The second-order valence-electron chi connectivity index (χ2n) is 3.63. The van der Waals surface area contributed by atoms with Crippen molar-refractivity contribution in [1.82, 2.24) is 9.55 Å². The molecular formula is C13H13N3. The molecule has 2 rings (SSSR count). The molecule has 0 bridgehead atoms. The van der Waals surface area contributed by atoms with Crippen molar-refractivity contribution in [2.45, 2.75) is 19.9 Å². The summed E-state index contributed by atoms with van der Waals surface area (Å²) in [6, 6.07) is 9.77. The zero-order valence-electron chi connectivity index (χ0n) is 9.22. The second kappa shape index (κ2) is 4.63. The Hall–Kier alpha value is -2.08. The number of benzene rings is 1. The van der Waals surface area contributed by atoms with Gasteiger partial charge >= 0.3 is 0 Å². The molecular weight excluding hydrogens is 198 g/mol. The van der Waals surface area contributed by atoms with E-state index in [9.17, 15) is 0 Å². The average Bonchev–Trinajstić information content (AvgIpc) is 2.77. The molecule has 0 amide bonds. The average molecular weight is 211 g/mol. The Kier molecular flexibility index (Phi) is 3.02. The van der Waals surface area contributed by atoms with Crippen LogP contribution in [0, 0.1) is 11.3 Å². The summed E-state index contributed by atoms with van der Waals surface area (Å²) in [5.74, 6) is 1.09. The number of nitrogens with zero attached hydrogens (tertiary/aromatic N) is 3. The first kappa shape index (κ1) is 10.4. The van der Waals surface area contributed by atoms with Crippen molar-refractivity contribution in [3.05, 3.63) is 53.6 Å². The maximum absolute atomic E-state index is 8.70. The Morgan fingerprint density at radius 2 is 2.06 bits per heavy atom. The zero-order valence-corrected chi connectivity index (χ0v) is 9.22. The van der Waals surface area contributed by atoms with Crippen LogP contribution in [0.4, 0.5) is 0 Å². The number of imidazole rings is 1. The third-order valence-corrected chi connectivity index (χ3v) is 2.55. The van der Waals surface area contributed by atoms with Crippen LogP contribution < -0.4 is 0 Å². The van der Waals surface area contributed by atoms with Crippen LogP contribution in [0.2, 0.25) is 0 Å². The lowest BCUT2D eigenvalue weighted by atomic mass is 10.1. The number of nitriles is 1. The number of hydrogen-bond acceptors (Lipinski definition) is 2. The molecule has 0 radical (unpaired) electrons. The van der Waals surface area contributed by atoms with Crippen molar-refractivity contribution in [3.63, 3.8) is 0 Å². The van der Waals surface area contributed by atoms with E-state index >= 15 is 0 Å². The van der Waals surface area contributed by atoms with Crippen molar-refractivity contribution in [1.29, 1.82) is 5.26 Å². The quantitative estimate of drug-likeness (QED) is 0.782. The molecule has 0 fully saturated rings. The zero-order chi connectivity index (χ0) is 11.4. The van der Waals surface area contributed by atoms with Crippen molar-refractivity contribution >= 4 is 0 Å². The van der Waals surface area contributed by atoms with E-state index in [0.29, 0.717) is 5.56 Å². The molecule has 0 unspecified atom stereocenters. The minimum absolute atomic E-state index is 0.699. The fraction of sp³-hybridized carbons (Fsp3) is 0.231. The third kappa shape index (κ3) is 2.12. The Morgan fingerprint density at radius 1 is 1.31 bits per heavy atom. The smallest absolute Gasteiger partial charge is 0.108 e. The van der Waals surface area contributed by atoms with Gasteiger partial charge in [-0.1, -0.05) is 19.1 Å². The molecule has 0 aliphatic carbocycles. The van der Waals surface area contributed by atoms with Crippen molar-refractivity contribution in [3.8, 4) is 6.07 Å². The van der Waals surface area contributed by atoms with E-state index in [1.165, 1.54) is 5.56 Å². The molecule has 0 aliphatic rings. The van der Waals surface area contributed by atoms with Gasteiger partial charge in [-0.05, 0) is 17.7 Å². The lowest BCUT2D eigenvalue weighted by Crippen LogP contribution is -2.03. The predicted molar refractivity (Wildman–Crippen MR) is 61.9 cm³/mol. The van der Waals surface area contributed by atoms with Gasteiger partial charge in [0.25, 0.3) is 0 Å². The van der Waals surface area contributed by atoms with Gasteiger partial charge in [-0.2, -0.15) is 5.26 Å². The van der Waals surface area contributed by atoms with Gasteiger partial charge in [0, 0.05) is 25.4 Å². The third-order valence-electron chi connectivity index (χ3n) is 2.55. The molecule has 0 saturated carbocycles. The molecule has 0 N–H and O–H groups in total. The van der Waals surface area contributed by atoms with Crippen molar-refractivity contribution in [2.24, 2.45) is 0 Å². The second-order valence-corrected chi connectivity index (χ2v) is 3.63. The summed E-state index contributed by atoms with van der Waals surface area (Å²) in [5, 5.41) is 8.70. The highest BCUT2D eigenvalue weighted by atomic mass is 15.1. The molecule has 80 valence electrons. The molecule has 2 aromatic rings. The molecule has 0 aliphatic heterocycles. The Labute approximate surface area is 95.0 Å². The van der Waals surface area contributed by atoms with E-state index in [1.54, 1.807) is 0 Å². The number of aryl methyl sites for hydroxylation is 1. The number of aromatic nitrogens is 2. The van der Waals surface area contributed by atoms with E-state index in [4.69, 9.17) is 5.26 Å². The first-order chi connectivity index (χ1) is 7.83. The molecule has 0 saturated heterocycles. The minimum atomic E-state index is 0.699. The van der Waals surface area contributed by atoms with Crippen LogP contribution in [0.15, 0.2) is 36.7 Å². The SMILES string of the molecule is CCc1nccn1Cc1ccc(C#N)cc1. The highest BCUT2D eigenvalue weighted by molar-refractivity contribution is 5.31. The Morgan fingerprint density at radius 3 is 2.69 bits per heavy atom. The van der Waals surface area contributed by atoms with Gasteiger partial charge < -0.3 is 4.57 Å². The van der Waals surface area contributed by atoms with E-state index in [-0.39, 0.29) is 0 Å². The summed E-state index contributed by atoms with van der Waals surface area (Å²) in [5.41, 5.74) is 1.89. The normalized spacial score (nSPS) is 10.0. The monoisotopic (exact) mass is 211 g/mol. The summed E-state index contributed by atoms with van der Waals surface area (Å²) in [6.07, 6.45) is 4.74. The fourth-order valence-corrected chi connectivity index (χ4v) is 1.68. The van der Waals surface area contributed by atoms with E-state index in [0.717, 1.165) is 18.8 Å². The van der Waals surface area contributed by atoms with Gasteiger partial charge in [0.1, 0.15) is 5.82 Å². The van der Waals surface area contributed by atoms with Gasteiger partial charge in [-0.3, -0.25) is 0 Å². The molecule has 16 heavy (non-hydrogen) atoms. The molecule has 0 spiro atoms.